The molecule has 4 N–H and O–H groups in total. The highest BCUT2D eigenvalue weighted by Crippen LogP contribution is 2.39. The molecule has 0 saturated heterocycles. The van der Waals surface area contributed by atoms with Gasteiger partial charge in [-0.1, -0.05) is 41.6 Å². The van der Waals surface area contributed by atoms with Gasteiger partial charge in [-0.05, 0) is 36.2 Å². The monoisotopic (exact) mass is 387 g/mol. The van der Waals surface area contributed by atoms with Crippen LogP contribution in [0.1, 0.15) is 11.1 Å². The van der Waals surface area contributed by atoms with Gasteiger partial charge in [0.15, 0.2) is 4.34 Å². The van der Waals surface area contributed by atoms with Crippen molar-refractivity contribution in [3.63, 3.8) is 0 Å². The van der Waals surface area contributed by atoms with Gasteiger partial charge >= 0.3 is 0 Å². The Morgan fingerprint density at radius 2 is 2.08 bits per heavy atom. The first-order chi connectivity index (χ1) is 12.1. The van der Waals surface area contributed by atoms with E-state index in [1.807, 2.05) is 36.4 Å². The van der Waals surface area contributed by atoms with Crippen molar-refractivity contribution in [2.45, 2.75) is 16.0 Å². The fourth-order valence-electron chi connectivity index (χ4n) is 2.80. The standard InChI is InChI=1S/C17H14ClN5S2/c18-10-5-6-11-9(7-10)8-14(15(11)22-23-16(19)20)25-17-21-12-3-1-2-4-13(12)24-17/h1-7,14H,8H2,(H4,19,20,23)/b22-15+. The van der Waals surface area contributed by atoms with Crippen molar-refractivity contribution in [2.24, 2.45) is 21.7 Å². The van der Waals surface area contributed by atoms with Crippen LogP contribution in [0.4, 0.5) is 0 Å². The zero-order valence-electron chi connectivity index (χ0n) is 13.0. The van der Waals surface area contributed by atoms with E-state index in [1.165, 1.54) is 4.70 Å². The summed E-state index contributed by atoms with van der Waals surface area (Å²) < 4.78 is 2.17. The lowest BCUT2D eigenvalue weighted by Gasteiger charge is -2.07. The molecule has 0 radical (unpaired) electrons. The molecule has 0 amide bonds. The van der Waals surface area contributed by atoms with E-state index in [4.69, 9.17) is 28.1 Å². The topological polar surface area (TPSA) is 89.7 Å². The molecule has 1 heterocycles. The van der Waals surface area contributed by atoms with Crippen molar-refractivity contribution in [3.05, 3.63) is 58.6 Å². The minimum atomic E-state index is -0.0568. The third kappa shape index (κ3) is 3.35. The first-order valence-corrected chi connectivity index (χ1v) is 9.65. The molecule has 0 spiro atoms. The van der Waals surface area contributed by atoms with Crippen LogP contribution in [0.5, 0.6) is 0 Å². The number of fused-ring (bicyclic) bond motifs is 2. The number of rotatable bonds is 3. The molecule has 1 aliphatic carbocycles. The highest BCUT2D eigenvalue weighted by Gasteiger charge is 2.30. The highest BCUT2D eigenvalue weighted by atomic mass is 35.5. The van der Waals surface area contributed by atoms with Gasteiger partial charge in [-0.2, -0.15) is 5.10 Å². The average Bonchev–Trinajstić information content (AvgIpc) is 3.12. The maximum Gasteiger partial charge on any atom is 0.211 e. The number of thiazole rings is 1. The molecular weight excluding hydrogens is 374 g/mol. The third-order valence-corrected chi connectivity index (χ3v) is 6.42. The number of thioether (sulfide) groups is 1. The fraction of sp³-hybridized carbons (Fsp3) is 0.118. The van der Waals surface area contributed by atoms with Crippen LogP contribution < -0.4 is 11.5 Å². The minimum absolute atomic E-state index is 0.0568. The van der Waals surface area contributed by atoms with Crippen LogP contribution >= 0.6 is 34.7 Å². The molecule has 25 heavy (non-hydrogen) atoms. The summed E-state index contributed by atoms with van der Waals surface area (Å²) in [6, 6.07) is 13.9. The predicted octanol–water partition coefficient (Wildman–Crippen LogP) is 3.64. The molecule has 3 aromatic rings. The lowest BCUT2D eigenvalue weighted by Crippen LogP contribution is -2.22. The summed E-state index contributed by atoms with van der Waals surface area (Å²) >= 11 is 9.50. The van der Waals surface area contributed by atoms with Crippen molar-refractivity contribution < 1.29 is 0 Å². The number of benzene rings is 2. The lowest BCUT2D eigenvalue weighted by molar-refractivity contribution is 1.09. The molecule has 126 valence electrons. The third-order valence-electron chi connectivity index (χ3n) is 3.84. The summed E-state index contributed by atoms with van der Waals surface area (Å²) in [5.41, 5.74) is 14.9. The largest absolute Gasteiger partial charge is 0.369 e. The molecule has 1 unspecified atom stereocenters. The van der Waals surface area contributed by atoms with Crippen LogP contribution in [-0.4, -0.2) is 21.9 Å². The Morgan fingerprint density at radius 1 is 1.24 bits per heavy atom. The predicted molar refractivity (Wildman–Crippen MR) is 107 cm³/mol. The molecule has 0 saturated carbocycles. The van der Waals surface area contributed by atoms with E-state index in [1.54, 1.807) is 23.1 Å². The molecule has 1 aliphatic rings. The molecule has 0 bridgehead atoms. The normalized spacial score (nSPS) is 17.8. The summed E-state index contributed by atoms with van der Waals surface area (Å²) in [5, 5.41) is 8.96. The van der Waals surface area contributed by atoms with E-state index in [0.29, 0.717) is 5.02 Å². The number of hydrogen-bond donors (Lipinski definition) is 2. The molecule has 1 atom stereocenters. The van der Waals surface area contributed by atoms with Crippen LogP contribution in [0.25, 0.3) is 10.2 Å². The van der Waals surface area contributed by atoms with Gasteiger partial charge in [-0.3, -0.25) is 0 Å². The number of hydrogen-bond acceptors (Lipinski definition) is 5. The maximum absolute atomic E-state index is 6.14. The highest BCUT2D eigenvalue weighted by molar-refractivity contribution is 8.02. The number of halogens is 1. The van der Waals surface area contributed by atoms with E-state index in [-0.39, 0.29) is 11.2 Å². The van der Waals surface area contributed by atoms with Gasteiger partial charge in [-0.15, -0.1) is 16.4 Å². The quantitative estimate of drug-likeness (QED) is 0.408. The number of nitrogens with two attached hydrogens (primary N) is 2. The smallest absolute Gasteiger partial charge is 0.211 e. The van der Waals surface area contributed by atoms with Crippen molar-refractivity contribution in [2.75, 3.05) is 0 Å². The number of nitrogens with zero attached hydrogens (tertiary/aromatic N) is 3. The second-order valence-electron chi connectivity index (χ2n) is 5.57. The van der Waals surface area contributed by atoms with Crippen molar-refractivity contribution in [1.82, 2.24) is 4.98 Å². The Balaban J connectivity index is 1.70. The molecular formula is C17H14ClN5S2. The van der Waals surface area contributed by atoms with Gasteiger partial charge in [0.2, 0.25) is 5.96 Å². The van der Waals surface area contributed by atoms with Gasteiger partial charge in [0.1, 0.15) is 0 Å². The number of aromatic nitrogens is 1. The summed E-state index contributed by atoms with van der Waals surface area (Å²) in [6.07, 6.45) is 0.815. The fourth-order valence-corrected chi connectivity index (χ4v) is 5.45. The van der Waals surface area contributed by atoms with Gasteiger partial charge in [-0.25, -0.2) is 4.98 Å². The molecule has 0 fully saturated rings. The van der Waals surface area contributed by atoms with Gasteiger partial charge in [0, 0.05) is 10.6 Å². The second-order valence-corrected chi connectivity index (χ2v) is 8.49. The molecule has 4 rings (SSSR count). The number of guanidine groups is 1. The average molecular weight is 388 g/mol. The molecule has 2 aromatic carbocycles. The summed E-state index contributed by atoms with van der Waals surface area (Å²) in [6.45, 7) is 0. The molecule has 8 heteroatoms. The van der Waals surface area contributed by atoms with Crippen LogP contribution in [0, 0.1) is 0 Å². The summed E-state index contributed by atoms with van der Waals surface area (Å²) in [5.74, 6) is -0.0568. The van der Waals surface area contributed by atoms with Crippen LogP contribution in [-0.2, 0) is 6.42 Å². The van der Waals surface area contributed by atoms with E-state index in [9.17, 15) is 0 Å². The minimum Gasteiger partial charge on any atom is -0.369 e. The SMILES string of the molecule is NC(N)=N/N=C1\c2ccc(Cl)cc2CC1Sc1nc2ccccc2s1. The second kappa shape index (κ2) is 6.67. The molecule has 5 nitrogen and oxygen atoms in total. The zero-order valence-corrected chi connectivity index (χ0v) is 15.4. The van der Waals surface area contributed by atoms with Gasteiger partial charge in [0.05, 0.1) is 21.2 Å². The Labute approximate surface area is 157 Å². The van der Waals surface area contributed by atoms with E-state index in [2.05, 4.69) is 16.3 Å². The zero-order chi connectivity index (χ0) is 17.4. The van der Waals surface area contributed by atoms with E-state index in [0.717, 1.165) is 33.1 Å². The summed E-state index contributed by atoms with van der Waals surface area (Å²) in [7, 11) is 0. The van der Waals surface area contributed by atoms with E-state index >= 15 is 0 Å². The van der Waals surface area contributed by atoms with Crippen LogP contribution in [0.2, 0.25) is 5.02 Å². The van der Waals surface area contributed by atoms with Crippen molar-refractivity contribution in [1.29, 1.82) is 0 Å². The Morgan fingerprint density at radius 3 is 2.88 bits per heavy atom. The Bertz CT molecular complexity index is 974. The first kappa shape index (κ1) is 16.4. The van der Waals surface area contributed by atoms with Crippen molar-refractivity contribution in [3.8, 4) is 0 Å². The summed E-state index contributed by atoms with van der Waals surface area (Å²) in [4.78, 5) is 4.70. The Hall–Kier alpha value is -2.09. The van der Waals surface area contributed by atoms with Crippen molar-refractivity contribution >= 4 is 56.6 Å². The van der Waals surface area contributed by atoms with Gasteiger partial charge in [0.25, 0.3) is 0 Å². The van der Waals surface area contributed by atoms with Crippen LogP contribution in [0.3, 0.4) is 0 Å². The number of para-hydroxylation sites is 1. The van der Waals surface area contributed by atoms with E-state index < -0.39 is 0 Å². The molecule has 1 aromatic heterocycles. The van der Waals surface area contributed by atoms with Crippen LogP contribution in [0.15, 0.2) is 57.0 Å². The lowest BCUT2D eigenvalue weighted by atomic mass is 10.1. The molecule has 0 aliphatic heterocycles. The Kier molecular flexibility index (Phi) is 4.37. The van der Waals surface area contributed by atoms with Gasteiger partial charge < -0.3 is 11.5 Å². The first-order valence-electron chi connectivity index (χ1n) is 7.57. The maximum atomic E-state index is 6.14.